The summed E-state index contributed by atoms with van der Waals surface area (Å²) in [6, 6.07) is 17.0. The van der Waals surface area contributed by atoms with Gasteiger partial charge in [0, 0.05) is 5.69 Å². The highest BCUT2D eigenvalue weighted by molar-refractivity contribution is 7.11. The van der Waals surface area contributed by atoms with Crippen LogP contribution in [-0.4, -0.2) is 18.0 Å². The third kappa shape index (κ3) is 3.57. The van der Waals surface area contributed by atoms with E-state index in [4.69, 9.17) is 4.74 Å². The molecule has 0 aliphatic rings. The summed E-state index contributed by atoms with van der Waals surface area (Å²) in [5.41, 5.74) is 0.674. The van der Waals surface area contributed by atoms with Gasteiger partial charge in [0.15, 0.2) is 6.10 Å². The fourth-order valence-corrected chi connectivity index (χ4v) is 2.78. The molecule has 3 rings (SSSR count). The summed E-state index contributed by atoms with van der Waals surface area (Å²) in [5, 5.41) is 6.70. The first-order chi connectivity index (χ1) is 11.1. The van der Waals surface area contributed by atoms with Gasteiger partial charge in [-0.3, -0.25) is 4.79 Å². The Morgan fingerprint density at radius 1 is 1.04 bits per heavy atom. The van der Waals surface area contributed by atoms with Gasteiger partial charge in [0.2, 0.25) is 0 Å². The van der Waals surface area contributed by atoms with E-state index in [0.29, 0.717) is 10.6 Å². The lowest BCUT2D eigenvalue weighted by molar-refractivity contribution is -0.123. The molecule has 23 heavy (non-hydrogen) atoms. The standard InChI is InChI=1S/C18H15NO3S/c1-12(22-18(21)16-7-4-10-23-16)17(20)19-15-9-8-13-5-2-3-6-14(13)11-15/h2-12H,1H3,(H,19,20)/t12-/m0/s1. The summed E-state index contributed by atoms with van der Waals surface area (Å²) in [4.78, 5) is 24.5. The van der Waals surface area contributed by atoms with E-state index in [9.17, 15) is 9.59 Å². The zero-order chi connectivity index (χ0) is 16.2. The molecule has 1 N–H and O–H groups in total. The molecule has 0 bridgehead atoms. The molecule has 3 aromatic rings. The molecule has 0 saturated heterocycles. The number of fused-ring (bicyclic) bond motifs is 1. The Kier molecular flexibility index (Phi) is 4.39. The molecular formula is C18H15NO3S. The molecule has 0 radical (unpaired) electrons. The molecule has 0 unspecified atom stereocenters. The third-order valence-electron chi connectivity index (χ3n) is 3.39. The average Bonchev–Trinajstić information content (AvgIpc) is 3.09. The second-order valence-corrected chi connectivity index (χ2v) is 6.02. The molecule has 2 aromatic carbocycles. The molecule has 116 valence electrons. The van der Waals surface area contributed by atoms with Gasteiger partial charge < -0.3 is 10.1 Å². The van der Waals surface area contributed by atoms with Crippen molar-refractivity contribution in [1.29, 1.82) is 0 Å². The number of hydrogen-bond acceptors (Lipinski definition) is 4. The van der Waals surface area contributed by atoms with Gasteiger partial charge >= 0.3 is 5.97 Å². The maximum Gasteiger partial charge on any atom is 0.349 e. The van der Waals surface area contributed by atoms with Gasteiger partial charge in [-0.15, -0.1) is 11.3 Å². The van der Waals surface area contributed by atoms with E-state index in [1.165, 1.54) is 11.3 Å². The zero-order valence-corrected chi connectivity index (χ0v) is 13.3. The Morgan fingerprint density at radius 2 is 1.83 bits per heavy atom. The molecule has 0 saturated carbocycles. The lowest BCUT2D eigenvalue weighted by Gasteiger charge is -2.13. The van der Waals surface area contributed by atoms with Gasteiger partial charge in [-0.25, -0.2) is 4.79 Å². The van der Waals surface area contributed by atoms with E-state index in [-0.39, 0.29) is 5.91 Å². The number of hydrogen-bond donors (Lipinski definition) is 1. The maximum atomic E-state index is 12.2. The molecule has 1 aromatic heterocycles. The Balaban J connectivity index is 1.66. The second-order valence-electron chi connectivity index (χ2n) is 5.08. The molecule has 0 fully saturated rings. The highest BCUT2D eigenvalue weighted by Gasteiger charge is 2.19. The summed E-state index contributed by atoms with van der Waals surface area (Å²) in [6.07, 6.45) is -0.865. The van der Waals surface area contributed by atoms with E-state index in [0.717, 1.165) is 10.8 Å². The van der Waals surface area contributed by atoms with Crippen LogP contribution in [0.1, 0.15) is 16.6 Å². The van der Waals surface area contributed by atoms with E-state index in [1.807, 2.05) is 42.5 Å². The molecule has 0 aliphatic heterocycles. The maximum absolute atomic E-state index is 12.2. The van der Waals surface area contributed by atoms with E-state index in [1.54, 1.807) is 24.4 Å². The van der Waals surface area contributed by atoms with Crippen molar-refractivity contribution < 1.29 is 14.3 Å². The fourth-order valence-electron chi connectivity index (χ4n) is 2.18. The first kappa shape index (κ1) is 15.2. The van der Waals surface area contributed by atoms with Crippen LogP contribution in [0.15, 0.2) is 60.0 Å². The van der Waals surface area contributed by atoms with Gasteiger partial charge in [0.05, 0.1) is 0 Å². The predicted octanol–water partition coefficient (Wildman–Crippen LogP) is 4.09. The molecule has 1 heterocycles. The number of rotatable bonds is 4. The van der Waals surface area contributed by atoms with E-state index in [2.05, 4.69) is 5.32 Å². The summed E-state index contributed by atoms with van der Waals surface area (Å²) < 4.78 is 5.18. The summed E-state index contributed by atoms with van der Waals surface area (Å²) in [5.74, 6) is -0.841. The van der Waals surface area contributed by atoms with E-state index >= 15 is 0 Å². The fraction of sp³-hybridized carbons (Fsp3) is 0.111. The minimum atomic E-state index is -0.865. The lowest BCUT2D eigenvalue weighted by Crippen LogP contribution is -2.29. The van der Waals surface area contributed by atoms with Gasteiger partial charge in [0.25, 0.3) is 5.91 Å². The number of thiophene rings is 1. The van der Waals surface area contributed by atoms with Crippen LogP contribution in [0.5, 0.6) is 0 Å². The van der Waals surface area contributed by atoms with Crippen molar-refractivity contribution >= 4 is 39.7 Å². The minimum Gasteiger partial charge on any atom is -0.448 e. The number of benzene rings is 2. The lowest BCUT2D eigenvalue weighted by atomic mass is 10.1. The van der Waals surface area contributed by atoms with Crippen LogP contribution in [0.4, 0.5) is 5.69 Å². The van der Waals surface area contributed by atoms with Crippen LogP contribution in [-0.2, 0) is 9.53 Å². The van der Waals surface area contributed by atoms with Gasteiger partial charge in [-0.05, 0) is 41.3 Å². The highest BCUT2D eigenvalue weighted by atomic mass is 32.1. The summed E-state index contributed by atoms with van der Waals surface area (Å²) in [7, 11) is 0. The van der Waals surface area contributed by atoms with Crippen LogP contribution < -0.4 is 5.32 Å². The normalized spacial score (nSPS) is 11.9. The monoisotopic (exact) mass is 325 g/mol. The second kappa shape index (κ2) is 6.62. The third-order valence-corrected chi connectivity index (χ3v) is 4.24. The molecule has 4 nitrogen and oxygen atoms in total. The molecule has 0 aliphatic carbocycles. The van der Waals surface area contributed by atoms with E-state index < -0.39 is 12.1 Å². The molecule has 1 amide bonds. The van der Waals surface area contributed by atoms with Crippen LogP contribution in [0, 0.1) is 0 Å². The van der Waals surface area contributed by atoms with Gasteiger partial charge in [-0.1, -0.05) is 36.4 Å². The van der Waals surface area contributed by atoms with Crippen LogP contribution in [0.3, 0.4) is 0 Å². The number of ether oxygens (including phenoxy) is 1. The van der Waals surface area contributed by atoms with Crippen LogP contribution >= 0.6 is 11.3 Å². The van der Waals surface area contributed by atoms with Crippen molar-refractivity contribution in [1.82, 2.24) is 0 Å². The Morgan fingerprint density at radius 3 is 2.57 bits per heavy atom. The van der Waals surface area contributed by atoms with Gasteiger partial charge in [-0.2, -0.15) is 0 Å². The smallest absolute Gasteiger partial charge is 0.349 e. The molecule has 1 atom stereocenters. The zero-order valence-electron chi connectivity index (χ0n) is 12.5. The number of amides is 1. The number of carbonyl (C=O) groups excluding carboxylic acids is 2. The highest BCUT2D eigenvalue weighted by Crippen LogP contribution is 2.19. The number of nitrogens with one attached hydrogen (secondary N) is 1. The Hall–Kier alpha value is -2.66. The molecule has 0 spiro atoms. The minimum absolute atomic E-state index is 0.356. The van der Waals surface area contributed by atoms with Gasteiger partial charge in [0.1, 0.15) is 4.88 Å². The van der Waals surface area contributed by atoms with Crippen molar-refractivity contribution in [2.75, 3.05) is 5.32 Å². The quantitative estimate of drug-likeness (QED) is 0.735. The van der Waals surface area contributed by atoms with Crippen molar-refractivity contribution in [3.8, 4) is 0 Å². The Labute approximate surface area is 137 Å². The predicted molar refractivity (Wildman–Crippen MR) is 91.8 cm³/mol. The Bertz CT molecular complexity index is 842. The number of carbonyl (C=O) groups is 2. The average molecular weight is 325 g/mol. The van der Waals surface area contributed by atoms with Crippen LogP contribution in [0.2, 0.25) is 0 Å². The number of esters is 1. The van der Waals surface area contributed by atoms with Crippen molar-refractivity contribution in [2.45, 2.75) is 13.0 Å². The van der Waals surface area contributed by atoms with Crippen molar-refractivity contribution in [3.63, 3.8) is 0 Å². The van der Waals surface area contributed by atoms with Crippen molar-refractivity contribution in [3.05, 3.63) is 64.9 Å². The summed E-state index contributed by atoms with van der Waals surface area (Å²) in [6.45, 7) is 1.56. The van der Waals surface area contributed by atoms with Crippen LogP contribution in [0.25, 0.3) is 10.8 Å². The topological polar surface area (TPSA) is 55.4 Å². The number of anilines is 1. The summed E-state index contributed by atoms with van der Waals surface area (Å²) >= 11 is 1.28. The SMILES string of the molecule is C[C@H](OC(=O)c1cccs1)C(=O)Nc1ccc2ccccc2c1. The molecular weight excluding hydrogens is 310 g/mol. The first-order valence-corrected chi connectivity index (χ1v) is 8.05. The largest absolute Gasteiger partial charge is 0.448 e. The van der Waals surface area contributed by atoms with Crippen molar-refractivity contribution in [2.24, 2.45) is 0 Å². The molecule has 5 heteroatoms. The first-order valence-electron chi connectivity index (χ1n) is 7.17.